The summed E-state index contributed by atoms with van der Waals surface area (Å²) in [7, 11) is 0. The van der Waals surface area contributed by atoms with E-state index in [0.717, 1.165) is 42.1 Å². The van der Waals surface area contributed by atoms with Crippen LogP contribution in [0.25, 0.3) is 11.2 Å². The average molecular weight is 410 g/mol. The Hall–Kier alpha value is -4.00. The maximum atomic E-state index is 12.6. The normalized spacial score (nSPS) is 13.8. The van der Waals surface area contributed by atoms with Crippen LogP contribution in [0.4, 0.5) is 5.82 Å². The number of nitrogens with zero attached hydrogens (tertiary/aromatic N) is 5. The summed E-state index contributed by atoms with van der Waals surface area (Å²) in [6, 6.07) is 13.7. The molecule has 0 radical (unpaired) electrons. The van der Waals surface area contributed by atoms with Crippen molar-refractivity contribution in [1.29, 1.82) is 0 Å². The largest absolute Gasteiger partial charge is 0.352 e. The Morgan fingerprint density at radius 1 is 1.03 bits per heavy atom. The molecule has 0 fully saturated rings. The van der Waals surface area contributed by atoms with E-state index in [1.54, 1.807) is 18.7 Å². The molecule has 0 saturated heterocycles. The highest BCUT2D eigenvalue weighted by Gasteiger charge is 2.15. The molecule has 0 saturated carbocycles. The Bertz CT molecular complexity index is 1230. The van der Waals surface area contributed by atoms with Gasteiger partial charge in [0.2, 0.25) is 0 Å². The molecule has 7 heteroatoms. The summed E-state index contributed by atoms with van der Waals surface area (Å²) in [4.78, 5) is 27.4. The van der Waals surface area contributed by atoms with Crippen LogP contribution in [0, 0.1) is 0 Å². The van der Waals surface area contributed by atoms with Crippen molar-refractivity contribution in [2.24, 2.45) is 0 Å². The molecule has 1 aromatic carbocycles. The van der Waals surface area contributed by atoms with E-state index in [9.17, 15) is 4.79 Å². The third-order valence-electron chi connectivity index (χ3n) is 5.53. The predicted molar refractivity (Wildman–Crippen MR) is 120 cm³/mol. The highest BCUT2D eigenvalue weighted by Crippen LogP contribution is 2.24. The fraction of sp³-hybridized carbons (Fsp3) is 0.167. The van der Waals surface area contributed by atoms with Crippen molar-refractivity contribution in [3.63, 3.8) is 0 Å². The second kappa shape index (κ2) is 8.39. The van der Waals surface area contributed by atoms with Gasteiger partial charge in [0.15, 0.2) is 0 Å². The molecule has 5 rings (SSSR count). The molecule has 1 N–H and O–H groups in total. The van der Waals surface area contributed by atoms with Crippen LogP contribution in [-0.2, 0) is 6.54 Å². The van der Waals surface area contributed by atoms with Gasteiger partial charge in [0, 0.05) is 50.0 Å². The Morgan fingerprint density at radius 2 is 1.94 bits per heavy atom. The van der Waals surface area contributed by atoms with Crippen molar-refractivity contribution in [2.75, 3.05) is 18.0 Å². The first-order valence-electron chi connectivity index (χ1n) is 10.3. The van der Waals surface area contributed by atoms with E-state index >= 15 is 0 Å². The second-order valence-corrected chi connectivity index (χ2v) is 7.48. The second-order valence-electron chi connectivity index (χ2n) is 7.48. The number of anilines is 1. The number of carbonyl (C=O) groups excluding carboxylic acids is 1. The molecule has 4 heterocycles. The molecule has 0 aliphatic carbocycles. The zero-order valence-electron chi connectivity index (χ0n) is 17.0. The lowest BCUT2D eigenvalue weighted by molar-refractivity contribution is 0.0951. The maximum Gasteiger partial charge on any atom is 0.251 e. The van der Waals surface area contributed by atoms with Crippen molar-refractivity contribution in [3.8, 4) is 0 Å². The van der Waals surface area contributed by atoms with Crippen molar-refractivity contribution < 1.29 is 4.79 Å². The first kappa shape index (κ1) is 19.0. The van der Waals surface area contributed by atoms with E-state index in [2.05, 4.69) is 31.2 Å². The number of amides is 1. The molecule has 1 aliphatic heterocycles. The van der Waals surface area contributed by atoms with E-state index < -0.39 is 0 Å². The van der Waals surface area contributed by atoms with E-state index in [-0.39, 0.29) is 5.91 Å². The van der Waals surface area contributed by atoms with Gasteiger partial charge in [0.1, 0.15) is 17.8 Å². The summed E-state index contributed by atoms with van der Waals surface area (Å²) in [6.07, 6.45) is 12.1. The van der Waals surface area contributed by atoms with Crippen LogP contribution in [0.3, 0.4) is 0 Å². The third kappa shape index (κ3) is 4.16. The number of benzene rings is 1. The maximum absolute atomic E-state index is 12.6. The van der Waals surface area contributed by atoms with E-state index in [1.807, 2.05) is 59.3 Å². The minimum Gasteiger partial charge on any atom is -0.352 e. The van der Waals surface area contributed by atoms with Crippen molar-refractivity contribution in [2.45, 2.75) is 13.0 Å². The number of aromatic nitrogens is 4. The topological polar surface area (TPSA) is 75.4 Å². The van der Waals surface area contributed by atoms with Gasteiger partial charge in [-0.15, -0.1) is 0 Å². The van der Waals surface area contributed by atoms with Crippen LogP contribution in [0.2, 0.25) is 0 Å². The fourth-order valence-corrected chi connectivity index (χ4v) is 3.79. The molecule has 7 nitrogen and oxygen atoms in total. The average Bonchev–Trinajstić information content (AvgIpc) is 3.31. The summed E-state index contributed by atoms with van der Waals surface area (Å²) < 4.78 is 1.94. The standard InChI is InChI=1S/C24H22N6O/c31-24(27-16-18-6-11-30-14-10-26-23(30)15-18)21-3-1-19(2-4-21)20-7-12-29(13-8-20)22-5-9-25-17-28-22/h1-7,9-11,14-15,17H,8,12-13,16H2,(H,27,31). The van der Waals surface area contributed by atoms with Crippen LogP contribution in [0.5, 0.6) is 0 Å². The minimum absolute atomic E-state index is 0.0812. The monoisotopic (exact) mass is 410 g/mol. The summed E-state index contributed by atoms with van der Waals surface area (Å²) in [5.41, 5.74) is 5.00. The number of pyridine rings is 1. The van der Waals surface area contributed by atoms with Gasteiger partial charge < -0.3 is 14.6 Å². The van der Waals surface area contributed by atoms with Gasteiger partial charge in [0.05, 0.1) is 0 Å². The zero-order chi connectivity index (χ0) is 21.0. The van der Waals surface area contributed by atoms with Gasteiger partial charge in [-0.2, -0.15) is 0 Å². The van der Waals surface area contributed by atoms with Gasteiger partial charge in [-0.05, 0) is 53.5 Å². The molecule has 3 aromatic heterocycles. The summed E-state index contributed by atoms with van der Waals surface area (Å²) in [5.74, 6) is 0.867. The first-order valence-corrected chi connectivity index (χ1v) is 10.3. The Balaban J connectivity index is 1.20. The number of rotatable bonds is 5. The predicted octanol–water partition coefficient (Wildman–Crippen LogP) is 3.35. The van der Waals surface area contributed by atoms with Crippen LogP contribution < -0.4 is 10.2 Å². The van der Waals surface area contributed by atoms with Crippen LogP contribution in [-0.4, -0.2) is 38.3 Å². The zero-order valence-corrected chi connectivity index (χ0v) is 17.0. The number of fused-ring (bicyclic) bond motifs is 1. The van der Waals surface area contributed by atoms with E-state index in [0.29, 0.717) is 12.1 Å². The molecule has 0 unspecified atom stereocenters. The quantitative estimate of drug-likeness (QED) is 0.546. The molecule has 31 heavy (non-hydrogen) atoms. The van der Waals surface area contributed by atoms with Crippen molar-refractivity contribution in [3.05, 3.63) is 96.3 Å². The van der Waals surface area contributed by atoms with Gasteiger partial charge in [-0.3, -0.25) is 4.79 Å². The number of imidazole rings is 1. The first-order chi connectivity index (χ1) is 15.3. The van der Waals surface area contributed by atoms with Gasteiger partial charge in [-0.25, -0.2) is 15.0 Å². The lowest BCUT2D eigenvalue weighted by Gasteiger charge is -2.27. The van der Waals surface area contributed by atoms with Crippen LogP contribution >= 0.6 is 0 Å². The smallest absolute Gasteiger partial charge is 0.251 e. The summed E-state index contributed by atoms with van der Waals surface area (Å²) >= 11 is 0. The Labute approximate surface area is 180 Å². The Kier molecular flexibility index (Phi) is 5.14. The molecule has 0 atom stereocenters. The van der Waals surface area contributed by atoms with Gasteiger partial charge >= 0.3 is 0 Å². The SMILES string of the molecule is O=C(NCc1ccn2ccnc2c1)c1ccc(C2=CCN(c3ccncn3)CC2)cc1. The molecular weight excluding hydrogens is 388 g/mol. The van der Waals surface area contributed by atoms with Crippen LogP contribution in [0.1, 0.15) is 27.9 Å². The molecule has 1 aliphatic rings. The number of nitrogens with one attached hydrogen (secondary N) is 1. The van der Waals surface area contributed by atoms with Crippen LogP contribution in [0.15, 0.2) is 79.7 Å². The minimum atomic E-state index is -0.0812. The van der Waals surface area contributed by atoms with E-state index in [4.69, 9.17) is 0 Å². The van der Waals surface area contributed by atoms with Gasteiger partial charge in [0.25, 0.3) is 5.91 Å². The number of hydrogen-bond donors (Lipinski definition) is 1. The summed E-state index contributed by atoms with van der Waals surface area (Å²) in [5, 5.41) is 2.99. The lowest BCUT2D eigenvalue weighted by atomic mass is 9.98. The van der Waals surface area contributed by atoms with Gasteiger partial charge in [-0.1, -0.05) is 18.2 Å². The molecule has 0 bridgehead atoms. The number of carbonyl (C=O) groups is 1. The molecular formula is C24H22N6O. The highest BCUT2D eigenvalue weighted by molar-refractivity contribution is 5.94. The molecule has 0 spiro atoms. The highest BCUT2D eigenvalue weighted by atomic mass is 16.1. The fourth-order valence-electron chi connectivity index (χ4n) is 3.79. The third-order valence-corrected chi connectivity index (χ3v) is 5.53. The lowest BCUT2D eigenvalue weighted by Crippen LogP contribution is -2.29. The van der Waals surface area contributed by atoms with Crippen molar-refractivity contribution in [1.82, 2.24) is 24.7 Å². The molecule has 1 amide bonds. The number of hydrogen-bond acceptors (Lipinski definition) is 5. The van der Waals surface area contributed by atoms with E-state index in [1.165, 1.54) is 5.57 Å². The molecule has 154 valence electrons. The van der Waals surface area contributed by atoms with Crippen molar-refractivity contribution >= 4 is 22.9 Å². The molecule has 4 aromatic rings. The Morgan fingerprint density at radius 3 is 2.71 bits per heavy atom. The summed E-state index contributed by atoms with van der Waals surface area (Å²) in [6.45, 7) is 2.19.